The molecule has 2 aromatic carbocycles. The minimum atomic E-state index is 0.199. The zero-order chi connectivity index (χ0) is 20.8. The fraction of sp³-hybridized carbons (Fsp3) is 0.375. The maximum Gasteiger partial charge on any atom is 0.233 e. The number of thioether (sulfide) groups is 1. The van der Waals surface area contributed by atoms with E-state index in [0.717, 1.165) is 49.9 Å². The molecule has 4 rings (SSSR count). The average Bonchev–Trinajstić information content (AvgIpc) is 3.13. The molecule has 0 spiro atoms. The Morgan fingerprint density at radius 2 is 1.60 bits per heavy atom. The van der Waals surface area contributed by atoms with Crippen LogP contribution in [-0.2, 0) is 17.8 Å². The molecule has 0 saturated carbocycles. The smallest absolute Gasteiger partial charge is 0.233 e. The largest absolute Gasteiger partial charge is 0.342 e. The fourth-order valence-corrected chi connectivity index (χ4v) is 4.85. The summed E-state index contributed by atoms with van der Waals surface area (Å²) < 4.78 is 2.08. The zero-order valence-corrected chi connectivity index (χ0v) is 18.2. The quantitative estimate of drug-likeness (QED) is 0.538. The molecule has 1 aliphatic rings. The first kappa shape index (κ1) is 20.7. The van der Waals surface area contributed by atoms with Crippen molar-refractivity contribution in [3.8, 4) is 0 Å². The Morgan fingerprint density at radius 3 is 2.27 bits per heavy atom. The average molecular weight is 421 g/mol. The van der Waals surface area contributed by atoms with Crippen LogP contribution < -0.4 is 0 Å². The lowest BCUT2D eigenvalue weighted by Gasteiger charge is -2.32. The number of likely N-dealkylation sites (tertiary alicyclic amines) is 1. The minimum absolute atomic E-state index is 0.199. The number of nitrogens with zero attached hydrogens (tertiary/aromatic N) is 4. The van der Waals surface area contributed by atoms with Crippen molar-refractivity contribution in [3.05, 3.63) is 77.6 Å². The van der Waals surface area contributed by atoms with Gasteiger partial charge in [0.15, 0.2) is 5.16 Å². The van der Waals surface area contributed by atoms with Gasteiger partial charge in [0.05, 0.1) is 12.3 Å². The number of aryl methyl sites for hydroxylation is 1. The summed E-state index contributed by atoms with van der Waals surface area (Å²) in [5.74, 6) is 2.15. The molecule has 0 bridgehead atoms. The number of rotatable bonds is 7. The Hall–Kier alpha value is -2.60. The van der Waals surface area contributed by atoms with Gasteiger partial charge in [0.1, 0.15) is 5.82 Å². The molecule has 0 N–H and O–H groups in total. The molecule has 30 heavy (non-hydrogen) atoms. The third-order valence-electron chi connectivity index (χ3n) is 5.74. The number of carbonyl (C=O) groups excluding carboxylic acids is 1. The van der Waals surface area contributed by atoms with E-state index in [1.165, 1.54) is 22.9 Å². The summed E-state index contributed by atoms with van der Waals surface area (Å²) in [4.78, 5) is 14.8. The molecule has 1 aliphatic heterocycles. The number of hydrogen-bond donors (Lipinski definition) is 0. The highest BCUT2D eigenvalue weighted by atomic mass is 32.2. The molecular formula is C24H28N4OS. The summed E-state index contributed by atoms with van der Waals surface area (Å²) >= 11 is 1.49. The van der Waals surface area contributed by atoms with E-state index in [-0.39, 0.29) is 5.91 Å². The van der Waals surface area contributed by atoms with Crippen molar-refractivity contribution in [2.24, 2.45) is 5.92 Å². The molecule has 5 nitrogen and oxygen atoms in total. The van der Waals surface area contributed by atoms with Gasteiger partial charge in [-0.1, -0.05) is 72.4 Å². The Labute approximate surface area is 182 Å². The van der Waals surface area contributed by atoms with Crippen molar-refractivity contribution in [2.75, 3.05) is 18.8 Å². The highest BCUT2D eigenvalue weighted by Crippen LogP contribution is 2.24. The predicted octanol–water partition coefficient (Wildman–Crippen LogP) is 4.21. The van der Waals surface area contributed by atoms with Gasteiger partial charge >= 0.3 is 0 Å². The Balaban J connectivity index is 1.27. The van der Waals surface area contributed by atoms with Crippen LogP contribution in [0, 0.1) is 12.8 Å². The summed E-state index contributed by atoms with van der Waals surface area (Å²) in [6.45, 7) is 4.39. The van der Waals surface area contributed by atoms with Crippen LogP contribution in [0.5, 0.6) is 0 Å². The molecule has 0 radical (unpaired) electrons. The van der Waals surface area contributed by atoms with Gasteiger partial charge in [-0.25, -0.2) is 0 Å². The first-order valence-corrected chi connectivity index (χ1v) is 11.6. The van der Waals surface area contributed by atoms with Crippen LogP contribution in [0.3, 0.4) is 0 Å². The standard InChI is InChI=1S/C24H28N4OS/c1-19-25-26-24(28(19)17-22-10-6-3-7-11-22)30-18-23(29)27-14-12-21(13-15-27)16-20-8-4-2-5-9-20/h2-11,21H,12-18H2,1H3. The zero-order valence-electron chi connectivity index (χ0n) is 17.4. The molecule has 1 fully saturated rings. The number of benzene rings is 2. The Kier molecular flexibility index (Phi) is 6.84. The van der Waals surface area contributed by atoms with Gasteiger partial charge < -0.3 is 9.47 Å². The number of piperidine rings is 1. The summed E-state index contributed by atoms with van der Waals surface area (Å²) in [6, 6.07) is 20.9. The maximum absolute atomic E-state index is 12.8. The van der Waals surface area contributed by atoms with E-state index in [0.29, 0.717) is 11.7 Å². The lowest BCUT2D eigenvalue weighted by molar-refractivity contribution is -0.129. The van der Waals surface area contributed by atoms with E-state index < -0.39 is 0 Å². The molecule has 6 heteroatoms. The molecule has 0 unspecified atom stereocenters. The van der Waals surface area contributed by atoms with E-state index in [1.807, 2.05) is 30.0 Å². The van der Waals surface area contributed by atoms with Crippen molar-refractivity contribution >= 4 is 17.7 Å². The van der Waals surface area contributed by atoms with Gasteiger partial charge in [-0.2, -0.15) is 0 Å². The molecule has 1 saturated heterocycles. The van der Waals surface area contributed by atoms with E-state index in [4.69, 9.17) is 0 Å². The number of hydrogen-bond acceptors (Lipinski definition) is 4. The first-order chi connectivity index (χ1) is 14.7. The van der Waals surface area contributed by atoms with Crippen molar-refractivity contribution < 1.29 is 4.79 Å². The third kappa shape index (κ3) is 5.30. The van der Waals surface area contributed by atoms with Crippen molar-refractivity contribution in [1.82, 2.24) is 19.7 Å². The summed E-state index contributed by atoms with van der Waals surface area (Å²) in [6.07, 6.45) is 3.27. The highest BCUT2D eigenvalue weighted by molar-refractivity contribution is 7.99. The molecule has 3 aromatic rings. The van der Waals surface area contributed by atoms with E-state index in [2.05, 4.69) is 57.2 Å². The monoisotopic (exact) mass is 420 g/mol. The van der Waals surface area contributed by atoms with Crippen LogP contribution >= 0.6 is 11.8 Å². The van der Waals surface area contributed by atoms with Gasteiger partial charge in [0, 0.05) is 13.1 Å². The topological polar surface area (TPSA) is 51.0 Å². The molecule has 2 heterocycles. The van der Waals surface area contributed by atoms with E-state index >= 15 is 0 Å². The van der Waals surface area contributed by atoms with E-state index in [9.17, 15) is 4.79 Å². The second-order valence-corrected chi connectivity index (χ2v) is 8.85. The second kappa shape index (κ2) is 9.94. The normalized spacial score (nSPS) is 14.8. The SMILES string of the molecule is Cc1nnc(SCC(=O)N2CCC(Cc3ccccc3)CC2)n1Cc1ccccc1. The first-order valence-electron chi connectivity index (χ1n) is 10.6. The molecule has 0 atom stereocenters. The third-order valence-corrected chi connectivity index (χ3v) is 6.70. The van der Waals surface area contributed by atoms with Crippen molar-refractivity contribution in [1.29, 1.82) is 0 Å². The molecule has 1 amide bonds. The van der Waals surface area contributed by atoms with Crippen LogP contribution in [0.15, 0.2) is 65.8 Å². The lowest BCUT2D eigenvalue weighted by Crippen LogP contribution is -2.39. The van der Waals surface area contributed by atoms with Gasteiger partial charge in [-0.3, -0.25) is 4.79 Å². The Morgan fingerprint density at radius 1 is 0.967 bits per heavy atom. The molecule has 1 aromatic heterocycles. The van der Waals surface area contributed by atoms with Crippen LogP contribution in [-0.4, -0.2) is 44.4 Å². The number of aromatic nitrogens is 3. The second-order valence-electron chi connectivity index (χ2n) is 7.90. The van der Waals surface area contributed by atoms with E-state index in [1.54, 1.807) is 0 Å². The number of carbonyl (C=O) groups is 1. The molecular weight excluding hydrogens is 392 g/mol. The highest BCUT2D eigenvalue weighted by Gasteiger charge is 2.23. The summed E-state index contributed by atoms with van der Waals surface area (Å²) in [5.41, 5.74) is 2.60. The summed E-state index contributed by atoms with van der Waals surface area (Å²) in [5, 5.41) is 9.32. The van der Waals surface area contributed by atoms with Crippen LogP contribution in [0.2, 0.25) is 0 Å². The lowest BCUT2D eigenvalue weighted by atomic mass is 9.90. The van der Waals surface area contributed by atoms with Crippen molar-refractivity contribution in [2.45, 2.75) is 37.9 Å². The Bertz CT molecular complexity index is 950. The predicted molar refractivity (Wildman–Crippen MR) is 120 cm³/mol. The van der Waals surface area contributed by atoms with Gasteiger partial charge in [-0.05, 0) is 43.2 Å². The number of amides is 1. The van der Waals surface area contributed by atoms with Crippen LogP contribution in [0.4, 0.5) is 0 Å². The van der Waals surface area contributed by atoms with Crippen LogP contribution in [0.1, 0.15) is 29.8 Å². The van der Waals surface area contributed by atoms with Gasteiger partial charge in [0.2, 0.25) is 5.91 Å². The van der Waals surface area contributed by atoms with Gasteiger partial charge in [0.25, 0.3) is 0 Å². The van der Waals surface area contributed by atoms with Crippen molar-refractivity contribution in [3.63, 3.8) is 0 Å². The molecule has 0 aliphatic carbocycles. The van der Waals surface area contributed by atoms with Crippen LogP contribution in [0.25, 0.3) is 0 Å². The molecule has 156 valence electrons. The fourth-order valence-electron chi connectivity index (χ4n) is 3.97. The van der Waals surface area contributed by atoms with Gasteiger partial charge in [-0.15, -0.1) is 10.2 Å². The summed E-state index contributed by atoms with van der Waals surface area (Å²) in [7, 11) is 0. The minimum Gasteiger partial charge on any atom is -0.342 e. The maximum atomic E-state index is 12.8.